The lowest BCUT2D eigenvalue weighted by molar-refractivity contribution is -0.910. The first kappa shape index (κ1) is 32.2. The number of thiazole rings is 1. The van der Waals surface area contributed by atoms with E-state index in [1.165, 1.54) is 42.0 Å². The van der Waals surface area contributed by atoms with Crippen molar-refractivity contribution in [3.05, 3.63) is 58.5 Å². The molecule has 3 aromatic rings. The quantitative estimate of drug-likeness (QED) is 0.116. The Morgan fingerprint density at radius 3 is 2.56 bits per heavy atom. The number of rotatable bonds is 8. The van der Waals surface area contributed by atoms with Crippen molar-refractivity contribution in [1.82, 2.24) is 9.30 Å². The normalized spacial score (nSPS) is 23.7. The van der Waals surface area contributed by atoms with Crippen LogP contribution in [0, 0.1) is 11.8 Å². The van der Waals surface area contributed by atoms with E-state index in [1.807, 2.05) is 13.1 Å². The van der Waals surface area contributed by atoms with Crippen molar-refractivity contribution in [3.63, 3.8) is 0 Å². The van der Waals surface area contributed by atoms with E-state index in [2.05, 4.69) is 52.9 Å². The van der Waals surface area contributed by atoms with Crippen molar-refractivity contribution >= 4 is 45.4 Å². The summed E-state index contributed by atoms with van der Waals surface area (Å²) in [7, 11) is 2.36. The molecule has 2 fully saturated rings. The molecule has 0 unspecified atom stereocenters. The molecule has 0 spiro atoms. The number of hydrogen-bond acceptors (Lipinski definition) is 5. The lowest BCUT2D eigenvalue weighted by Gasteiger charge is -2.46. The number of amides is 1. The topological polar surface area (TPSA) is 86.1 Å². The van der Waals surface area contributed by atoms with Gasteiger partial charge in [0.05, 0.1) is 43.1 Å². The van der Waals surface area contributed by atoms with E-state index in [0.717, 1.165) is 32.3 Å². The minimum atomic E-state index is -1.10. The number of hydrogen-bond donors (Lipinski definition) is 2. The maximum absolute atomic E-state index is 12.8. The zero-order valence-electron chi connectivity index (χ0n) is 23.6. The van der Waals surface area contributed by atoms with Crippen LogP contribution in [0.1, 0.15) is 42.7 Å². The number of aromatic nitrogens is 2. The van der Waals surface area contributed by atoms with E-state index < -0.39 is 18.0 Å². The maximum atomic E-state index is 12.8. The van der Waals surface area contributed by atoms with Crippen LogP contribution in [0.4, 0.5) is 0 Å². The predicted octanol–water partition coefficient (Wildman–Crippen LogP) is -2.54. The third-order valence-corrected chi connectivity index (χ3v) is 10.9. The molecule has 222 valence electrons. The number of aliphatic carboxylic acids is 1. The summed E-state index contributed by atoms with van der Waals surface area (Å²) in [5.74, 6) is -2.14. The highest BCUT2D eigenvalue weighted by Gasteiger charge is 2.60. The van der Waals surface area contributed by atoms with Crippen LogP contribution in [0.25, 0.3) is 10.4 Å². The number of aliphatic hydroxyl groups excluding tert-OH is 1. The molecule has 12 heteroatoms. The first-order valence-electron chi connectivity index (χ1n) is 13.6. The number of thioether (sulfide) groups is 1. The molecule has 0 radical (unpaired) electrons. The molecule has 2 aromatic heterocycles. The summed E-state index contributed by atoms with van der Waals surface area (Å²) in [6.07, 6.45) is 7.96. The van der Waals surface area contributed by atoms with E-state index >= 15 is 0 Å². The molecule has 1 amide bonds. The molecular formula is C29H36Br2N4O4S2. The Morgan fingerprint density at radius 1 is 1.24 bits per heavy atom. The molecule has 8 nitrogen and oxygen atoms in total. The van der Waals surface area contributed by atoms with Crippen LogP contribution in [0.5, 0.6) is 0 Å². The number of imidazole rings is 1. The van der Waals surface area contributed by atoms with Gasteiger partial charge in [0.2, 0.25) is 15.8 Å². The van der Waals surface area contributed by atoms with Gasteiger partial charge in [0.1, 0.15) is 25.0 Å². The van der Waals surface area contributed by atoms with Crippen molar-refractivity contribution in [3.8, 4) is 0 Å². The average molecular weight is 729 g/mol. The van der Waals surface area contributed by atoms with Crippen molar-refractivity contribution in [2.24, 2.45) is 11.8 Å². The fourth-order valence-electron chi connectivity index (χ4n) is 6.99. The number of carbonyl (C=O) groups excluding carboxylic acids is 1. The fraction of sp³-hybridized carbons (Fsp3) is 0.483. The van der Waals surface area contributed by atoms with Crippen molar-refractivity contribution < 1.29 is 62.8 Å². The lowest BCUT2D eigenvalue weighted by atomic mass is 9.77. The largest absolute Gasteiger partial charge is 1.00 e. The van der Waals surface area contributed by atoms with E-state index in [0.29, 0.717) is 5.57 Å². The zero-order valence-corrected chi connectivity index (χ0v) is 28.4. The molecule has 2 N–H and O–H groups in total. The number of quaternary nitrogens is 1. The average Bonchev–Trinajstić information content (AvgIpc) is 3.60. The Kier molecular flexibility index (Phi) is 9.53. The monoisotopic (exact) mass is 726 g/mol. The highest BCUT2D eigenvalue weighted by Crippen LogP contribution is 2.51. The summed E-state index contributed by atoms with van der Waals surface area (Å²) in [6.45, 7) is 7.90. The molecule has 2 saturated heterocycles. The van der Waals surface area contributed by atoms with E-state index in [-0.39, 0.29) is 57.5 Å². The summed E-state index contributed by atoms with van der Waals surface area (Å²) < 4.78 is 5.46. The smallest absolute Gasteiger partial charge is 0.352 e. The molecule has 0 bridgehead atoms. The third-order valence-electron chi connectivity index (χ3n) is 8.79. The number of β-lactam (4-membered cyclic amide) rings is 1. The molecule has 0 saturated carbocycles. The van der Waals surface area contributed by atoms with Crippen molar-refractivity contribution in [2.75, 3.05) is 26.4 Å². The minimum absolute atomic E-state index is 0. The number of carboxylic acid groups (broad SMARTS) is 1. The Hall–Kier alpha value is -1.70. The van der Waals surface area contributed by atoms with Gasteiger partial charge in [-0.2, -0.15) is 4.40 Å². The first-order chi connectivity index (χ1) is 18.6. The van der Waals surface area contributed by atoms with Crippen LogP contribution in [0.15, 0.2) is 47.5 Å². The molecule has 5 heterocycles. The maximum Gasteiger partial charge on any atom is 0.352 e. The molecule has 3 aliphatic rings. The van der Waals surface area contributed by atoms with Gasteiger partial charge in [0.25, 0.3) is 6.33 Å². The zero-order chi connectivity index (χ0) is 27.6. The number of halogens is 2. The number of nitrogens with zero attached hydrogens (tertiary/aromatic N) is 4. The molecule has 3 aliphatic heterocycles. The van der Waals surface area contributed by atoms with Gasteiger partial charge in [-0.3, -0.25) is 4.79 Å². The van der Waals surface area contributed by atoms with E-state index in [4.69, 9.17) is 0 Å². The Balaban J connectivity index is 0.00000194. The van der Waals surface area contributed by atoms with Crippen molar-refractivity contribution in [1.29, 1.82) is 0 Å². The summed E-state index contributed by atoms with van der Waals surface area (Å²) in [4.78, 5) is 28.4. The van der Waals surface area contributed by atoms with Gasteiger partial charge in [0, 0.05) is 29.9 Å². The second-order valence-electron chi connectivity index (χ2n) is 11.6. The highest BCUT2D eigenvalue weighted by atomic mass is 79.9. The standard InChI is InChI=1S/C29H35N4O4S2.2BrH/c1-17-22(25(29(36)37)32-24(17)23(18(2)34)26(32)35)21-14-31-16-30(27(38-4)28(31)39-21)13-19-8-7-9-20(12-19)15-33(3)10-5-6-11-33;;/h7-9,12,14,16-18,23-24,34H,5-6,10-11,13,15H2,1-4H3;2*1H/q+1;;/p-1/t17-,18+,23+,24+;;/m0../s1. The van der Waals surface area contributed by atoms with Crippen LogP contribution in [0.2, 0.25) is 0 Å². The minimum Gasteiger partial charge on any atom is -1.00 e. The summed E-state index contributed by atoms with van der Waals surface area (Å²) in [5, 5.41) is 21.4. The Bertz CT molecular complexity index is 1510. The van der Waals surface area contributed by atoms with Crippen LogP contribution in [-0.4, -0.2) is 74.4 Å². The molecule has 41 heavy (non-hydrogen) atoms. The number of fused-ring (bicyclic) bond motifs is 2. The number of benzene rings is 1. The fourth-order valence-corrected chi connectivity index (χ4v) is 9.17. The molecular weight excluding hydrogens is 692 g/mol. The Morgan fingerprint density at radius 2 is 1.93 bits per heavy atom. The number of carboxylic acids is 1. The number of aliphatic hydroxyl groups is 1. The van der Waals surface area contributed by atoms with Crippen LogP contribution >= 0.6 is 23.1 Å². The second kappa shape index (κ2) is 12.1. The first-order valence-corrected chi connectivity index (χ1v) is 15.6. The van der Waals surface area contributed by atoms with Crippen LogP contribution in [-0.2, 0) is 22.7 Å². The van der Waals surface area contributed by atoms with Gasteiger partial charge in [-0.1, -0.05) is 48.2 Å². The highest BCUT2D eigenvalue weighted by molar-refractivity contribution is 7.98. The van der Waals surface area contributed by atoms with Gasteiger partial charge in [-0.25, -0.2) is 9.36 Å². The van der Waals surface area contributed by atoms with Crippen LogP contribution < -0.4 is 38.5 Å². The van der Waals surface area contributed by atoms with Crippen LogP contribution in [0.3, 0.4) is 0 Å². The number of carbonyl (C=O) groups is 2. The van der Waals surface area contributed by atoms with Gasteiger partial charge >= 0.3 is 5.97 Å². The molecule has 4 atom stereocenters. The van der Waals surface area contributed by atoms with Gasteiger partial charge in [0.15, 0.2) is 0 Å². The summed E-state index contributed by atoms with van der Waals surface area (Å²) in [5.41, 5.74) is 3.39. The van der Waals surface area contributed by atoms with Gasteiger partial charge in [-0.15, -0.1) is 0 Å². The van der Waals surface area contributed by atoms with E-state index in [1.54, 1.807) is 30.0 Å². The van der Waals surface area contributed by atoms with E-state index in [9.17, 15) is 19.8 Å². The number of likely N-dealkylation sites (tertiary alicyclic amines) is 1. The molecule has 6 rings (SSSR count). The molecule has 1 aromatic carbocycles. The second-order valence-corrected chi connectivity index (χ2v) is 13.5. The van der Waals surface area contributed by atoms with Crippen molar-refractivity contribution in [2.45, 2.75) is 57.0 Å². The third kappa shape index (κ3) is 5.44. The Labute approximate surface area is 269 Å². The summed E-state index contributed by atoms with van der Waals surface area (Å²) in [6, 6.07) is 8.60. The van der Waals surface area contributed by atoms with Gasteiger partial charge in [-0.05, 0) is 24.8 Å². The summed E-state index contributed by atoms with van der Waals surface area (Å²) >= 11 is 3.25. The lowest BCUT2D eigenvalue weighted by Crippen LogP contribution is -3.00. The predicted molar refractivity (Wildman–Crippen MR) is 151 cm³/mol. The SMILES string of the molecule is CSc1c2sc(C3=C(C(=O)O)N4C(=O)[C@H]([C@@H](C)O)[C@H]4[C@H]3C)cn2c[n+]1Cc1cccc(C[N+]2(C)CCCC2)c1.[Br-].[Br-]. The van der Waals surface area contributed by atoms with Gasteiger partial charge < -0.3 is 53.6 Å². The molecule has 0 aliphatic carbocycles.